The van der Waals surface area contributed by atoms with Gasteiger partial charge in [0, 0.05) is 43.0 Å². The third-order valence-electron chi connectivity index (χ3n) is 3.49. The Hall–Kier alpha value is -0.980. The second-order valence-corrected chi connectivity index (χ2v) is 6.08. The van der Waals surface area contributed by atoms with Gasteiger partial charge >= 0.3 is 0 Å². The number of hydrogen-bond acceptors (Lipinski definition) is 4. The van der Waals surface area contributed by atoms with Crippen molar-refractivity contribution in [1.29, 1.82) is 0 Å². The first-order chi connectivity index (χ1) is 9.69. The molecule has 1 atom stereocenters. The van der Waals surface area contributed by atoms with E-state index in [0.29, 0.717) is 13.1 Å². The molecule has 1 fully saturated rings. The summed E-state index contributed by atoms with van der Waals surface area (Å²) in [5.74, 6) is 0.211. The molecule has 3 N–H and O–H groups in total. The number of halogens is 1. The molecule has 1 aromatic heterocycles. The molecule has 6 heteroatoms. The lowest BCUT2D eigenvalue weighted by Gasteiger charge is -2.31. The maximum Gasteiger partial charge on any atom is 0.224 e. The number of aromatic nitrogens is 1. The van der Waals surface area contributed by atoms with E-state index in [1.54, 1.807) is 6.20 Å². The van der Waals surface area contributed by atoms with E-state index in [4.69, 9.17) is 5.73 Å². The van der Waals surface area contributed by atoms with Gasteiger partial charge in [-0.15, -0.1) is 0 Å². The minimum absolute atomic E-state index is 0.0791. The van der Waals surface area contributed by atoms with Crippen LogP contribution in [0.3, 0.4) is 0 Å². The molecule has 1 amide bonds. The van der Waals surface area contributed by atoms with Gasteiger partial charge in [0.15, 0.2) is 0 Å². The van der Waals surface area contributed by atoms with Crippen LogP contribution in [0.2, 0.25) is 0 Å². The highest BCUT2D eigenvalue weighted by Crippen LogP contribution is 2.19. The number of carbonyl (C=O) groups is 1. The van der Waals surface area contributed by atoms with Gasteiger partial charge < -0.3 is 11.1 Å². The highest BCUT2D eigenvalue weighted by molar-refractivity contribution is 9.10. The summed E-state index contributed by atoms with van der Waals surface area (Å²) >= 11 is 3.43. The van der Waals surface area contributed by atoms with Gasteiger partial charge in [-0.25, -0.2) is 0 Å². The third-order valence-corrected chi connectivity index (χ3v) is 3.92. The third kappa shape index (κ3) is 4.54. The fraction of sp³-hybridized carbons (Fsp3) is 0.571. The fourth-order valence-electron chi connectivity index (χ4n) is 2.55. The van der Waals surface area contributed by atoms with E-state index in [0.717, 1.165) is 36.9 Å². The maximum atomic E-state index is 12.0. The minimum atomic E-state index is 0.0791. The zero-order chi connectivity index (χ0) is 14.4. The van der Waals surface area contributed by atoms with Crippen LogP contribution in [-0.4, -0.2) is 42.0 Å². The molecular weight excluding hydrogens is 320 g/mol. The number of rotatable bonds is 5. The van der Waals surface area contributed by atoms with Crippen molar-refractivity contribution in [2.45, 2.75) is 19.4 Å². The van der Waals surface area contributed by atoms with Crippen molar-refractivity contribution in [2.24, 2.45) is 11.7 Å². The number of amides is 1. The molecular formula is C14H21BrN4O. The van der Waals surface area contributed by atoms with Crippen molar-refractivity contribution in [3.63, 3.8) is 0 Å². The first-order valence-electron chi connectivity index (χ1n) is 6.98. The van der Waals surface area contributed by atoms with E-state index in [1.165, 1.54) is 5.56 Å². The average molecular weight is 341 g/mol. The van der Waals surface area contributed by atoms with Gasteiger partial charge in [-0.1, -0.05) is 0 Å². The van der Waals surface area contributed by atoms with Crippen molar-refractivity contribution in [3.05, 3.63) is 28.5 Å². The quantitative estimate of drug-likeness (QED) is 0.842. The lowest BCUT2D eigenvalue weighted by atomic mass is 9.97. The standard InChI is InChI=1S/C14H21BrN4O/c15-13-6-11(7-17-8-13)9-19-5-1-2-12(10-19)14(20)18-4-3-16/h6-8,12H,1-5,9-10,16H2,(H,18,20). The number of pyridine rings is 1. The highest BCUT2D eigenvalue weighted by Gasteiger charge is 2.25. The molecule has 0 radical (unpaired) electrons. The Morgan fingerprint density at radius 1 is 1.55 bits per heavy atom. The number of piperidine rings is 1. The molecule has 20 heavy (non-hydrogen) atoms. The zero-order valence-corrected chi connectivity index (χ0v) is 13.1. The van der Waals surface area contributed by atoms with Crippen LogP contribution in [0.4, 0.5) is 0 Å². The second-order valence-electron chi connectivity index (χ2n) is 5.17. The molecule has 1 saturated heterocycles. The van der Waals surface area contributed by atoms with E-state index < -0.39 is 0 Å². The SMILES string of the molecule is NCCNC(=O)C1CCCN(Cc2cncc(Br)c2)C1. The van der Waals surface area contributed by atoms with E-state index in [-0.39, 0.29) is 11.8 Å². The molecule has 0 aromatic carbocycles. The van der Waals surface area contributed by atoms with E-state index in [9.17, 15) is 4.79 Å². The van der Waals surface area contributed by atoms with Crippen LogP contribution in [-0.2, 0) is 11.3 Å². The van der Waals surface area contributed by atoms with Gasteiger partial charge in [-0.3, -0.25) is 14.7 Å². The highest BCUT2D eigenvalue weighted by atomic mass is 79.9. The molecule has 110 valence electrons. The number of nitrogens with one attached hydrogen (secondary N) is 1. The Bertz CT molecular complexity index is 455. The normalized spacial score (nSPS) is 19.8. The summed E-state index contributed by atoms with van der Waals surface area (Å²) in [7, 11) is 0. The molecule has 0 bridgehead atoms. The van der Waals surface area contributed by atoms with E-state index >= 15 is 0 Å². The van der Waals surface area contributed by atoms with Crippen LogP contribution in [0.25, 0.3) is 0 Å². The van der Waals surface area contributed by atoms with Crippen LogP contribution < -0.4 is 11.1 Å². The molecule has 1 aliphatic rings. The number of nitrogens with two attached hydrogens (primary N) is 1. The minimum Gasteiger partial charge on any atom is -0.355 e. The van der Waals surface area contributed by atoms with Gasteiger partial charge in [0.05, 0.1) is 5.92 Å². The Morgan fingerprint density at radius 2 is 2.40 bits per heavy atom. The van der Waals surface area contributed by atoms with Crippen molar-refractivity contribution < 1.29 is 4.79 Å². The molecule has 0 aliphatic carbocycles. The first-order valence-corrected chi connectivity index (χ1v) is 7.78. The lowest BCUT2D eigenvalue weighted by Crippen LogP contribution is -2.43. The molecule has 0 saturated carbocycles. The van der Waals surface area contributed by atoms with Crippen LogP contribution in [0, 0.1) is 5.92 Å². The molecule has 2 rings (SSSR count). The number of nitrogens with zero attached hydrogens (tertiary/aromatic N) is 2. The summed E-state index contributed by atoms with van der Waals surface area (Å²) in [6.45, 7) is 3.74. The molecule has 1 aliphatic heterocycles. The zero-order valence-electron chi connectivity index (χ0n) is 11.5. The topological polar surface area (TPSA) is 71.2 Å². The molecule has 2 heterocycles. The van der Waals surface area contributed by atoms with Crippen LogP contribution >= 0.6 is 15.9 Å². The number of likely N-dealkylation sites (tertiary alicyclic amines) is 1. The van der Waals surface area contributed by atoms with E-state index in [2.05, 4.69) is 37.2 Å². The Kier molecular flexibility index (Phi) is 5.94. The molecule has 0 spiro atoms. The van der Waals surface area contributed by atoms with Crippen molar-refractivity contribution in [3.8, 4) is 0 Å². The van der Waals surface area contributed by atoms with Gasteiger partial charge in [0.1, 0.15) is 0 Å². The largest absolute Gasteiger partial charge is 0.355 e. The summed E-state index contributed by atoms with van der Waals surface area (Å²) in [5.41, 5.74) is 6.58. The Labute approximate surface area is 128 Å². The summed E-state index contributed by atoms with van der Waals surface area (Å²) in [4.78, 5) is 18.5. The molecule has 1 aromatic rings. The van der Waals surface area contributed by atoms with Crippen LogP contribution in [0.5, 0.6) is 0 Å². The summed E-state index contributed by atoms with van der Waals surface area (Å²) in [5, 5.41) is 2.89. The van der Waals surface area contributed by atoms with Gasteiger partial charge in [0.2, 0.25) is 5.91 Å². The van der Waals surface area contributed by atoms with Crippen molar-refractivity contribution >= 4 is 21.8 Å². The second kappa shape index (κ2) is 7.71. The Morgan fingerprint density at radius 3 is 3.15 bits per heavy atom. The fourth-order valence-corrected chi connectivity index (χ4v) is 2.97. The summed E-state index contributed by atoms with van der Waals surface area (Å²) in [6, 6.07) is 2.07. The van der Waals surface area contributed by atoms with Crippen molar-refractivity contribution in [1.82, 2.24) is 15.2 Å². The smallest absolute Gasteiger partial charge is 0.224 e. The number of carbonyl (C=O) groups excluding carboxylic acids is 1. The predicted octanol–water partition coefficient (Wildman–Crippen LogP) is 1.13. The predicted molar refractivity (Wildman–Crippen MR) is 82.0 cm³/mol. The summed E-state index contributed by atoms with van der Waals surface area (Å²) in [6.07, 6.45) is 5.68. The van der Waals surface area contributed by atoms with Crippen LogP contribution in [0.15, 0.2) is 22.9 Å². The summed E-state index contributed by atoms with van der Waals surface area (Å²) < 4.78 is 0.990. The average Bonchev–Trinajstić information content (AvgIpc) is 2.45. The Balaban J connectivity index is 1.88. The van der Waals surface area contributed by atoms with Crippen LogP contribution in [0.1, 0.15) is 18.4 Å². The maximum absolute atomic E-state index is 12.0. The van der Waals surface area contributed by atoms with Gasteiger partial charge in [0.25, 0.3) is 0 Å². The van der Waals surface area contributed by atoms with Crippen molar-refractivity contribution in [2.75, 3.05) is 26.2 Å². The molecule has 1 unspecified atom stereocenters. The van der Waals surface area contributed by atoms with Gasteiger partial charge in [-0.2, -0.15) is 0 Å². The van der Waals surface area contributed by atoms with Gasteiger partial charge in [-0.05, 0) is 46.9 Å². The number of hydrogen-bond donors (Lipinski definition) is 2. The van der Waals surface area contributed by atoms with E-state index in [1.807, 2.05) is 6.20 Å². The lowest BCUT2D eigenvalue weighted by molar-refractivity contribution is -0.126. The molecule has 5 nitrogen and oxygen atoms in total. The first kappa shape index (κ1) is 15.4. The monoisotopic (exact) mass is 340 g/mol.